The molecule has 3 rings (SSSR count). The Labute approximate surface area is 169 Å². The topological polar surface area (TPSA) is 58.8 Å². The van der Waals surface area contributed by atoms with Crippen molar-refractivity contribution < 1.29 is 36.0 Å². The molecule has 0 atom stereocenters. The Balaban J connectivity index is 1.60. The summed E-state index contributed by atoms with van der Waals surface area (Å²) in [7, 11) is 0. The van der Waals surface area contributed by atoms with E-state index in [1.165, 1.54) is 4.90 Å². The highest BCUT2D eigenvalue weighted by Crippen LogP contribution is 2.29. The lowest BCUT2D eigenvalue weighted by atomic mass is 10.2. The number of ether oxygens (including phenoxy) is 1. The summed E-state index contributed by atoms with van der Waals surface area (Å²) in [6.45, 7) is 5.34. The molecule has 6 nitrogen and oxygen atoms in total. The summed E-state index contributed by atoms with van der Waals surface area (Å²) in [5.41, 5.74) is 1.77. The predicted molar refractivity (Wildman–Crippen MR) is 94.2 cm³/mol. The van der Waals surface area contributed by atoms with Crippen molar-refractivity contribution in [3.63, 3.8) is 0 Å². The molecule has 1 aliphatic rings. The fraction of sp³-hybridized carbons (Fsp3) is 0.474. The molecule has 0 unspecified atom stereocenters. The standard InChI is InChI=1S/C19H20F5N3O3/c1-10-12(11(2)30-25-10)8-26-4-3-5-27(7-6-26)13(28)9-29-19-17(23)15(21)14(20)16(22)18(19)24/h3-9H2,1-2H3. The maximum absolute atomic E-state index is 13.7. The molecule has 164 valence electrons. The van der Waals surface area contributed by atoms with Crippen LogP contribution in [0.3, 0.4) is 0 Å². The summed E-state index contributed by atoms with van der Waals surface area (Å²) in [6, 6.07) is 0. The highest BCUT2D eigenvalue weighted by Gasteiger charge is 2.28. The van der Waals surface area contributed by atoms with E-state index in [9.17, 15) is 26.7 Å². The molecule has 1 aromatic carbocycles. The average Bonchev–Trinajstić information content (AvgIpc) is 2.91. The molecular weight excluding hydrogens is 413 g/mol. The van der Waals surface area contributed by atoms with E-state index in [2.05, 4.69) is 14.8 Å². The number of benzene rings is 1. The van der Waals surface area contributed by atoms with Gasteiger partial charge in [0.25, 0.3) is 5.91 Å². The first-order valence-electron chi connectivity index (χ1n) is 9.26. The van der Waals surface area contributed by atoms with Crippen LogP contribution in [0.25, 0.3) is 0 Å². The monoisotopic (exact) mass is 433 g/mol. The maximum atomic E-state index is 13.7. The van der Waals surface area contributed by atoms with Crippen molar-refractivity contribution in [1.29, 1.82) is 0 Å². The Morgan fingerprint density at radius 1 is 0.967 bits per heavy atom. The van der Waals surface area contributed by atoms with Gasteiger partial charge in [0.1, 0.15) is 5.76 Å². The Hall–Kier alpha value is -2.69. The Morgan fingerprint density at radius 3 is 2.20 bits per heavy atom. The van der Waals surface area contributed by atoms with Gasteiger partial charge < -0.3 is 14.2 Å². The van der Waals surface area contributed by atoms with Crippen LogP contribution in [0.15, 0.2) is 4.52 Å². The number of aromatic nitrogens is 1. The second kappa shape index (κ2) is 8.99. The van der Waals surface area contributed by atoms with Crippen molar-refractivity contribution >= 4 is 5.91 Å². The number of aryl methyl sites for hydroxylation is 2. The number of carbonyl (C=O) groups excluding carboxylic acids is 1. The molecule has 11 heteroatoms. The Kier molecular flexibility index (Phi) is 6.59. The van der Waals surface area contributed by atoms with Crippen LogP contribution in [0.5, 0.6) is 5.75 Å². The van der Waals surface area contributed by atoms with Gasteiger partial charge in [-0.15, -0.1) is 0 Å². The number of hydrogen-bond acceptors (Lipinski definition) is 5. The van der Waals surface area contributed by atoms with Crippen molar-refractivity contribution in [2.45, 2.75) is 26.8 Å². The number of halogens is 5. The van der Waals surface area contributed by atoms with Gasteiger partial charge in [-0.1, -0.05) is 5.16 Å². The molecule has 0 N–H and O–H groups in total. The zero-order valence-electron chi connectivity index (χ0n) is 16.4. The van der Waals surface area contributed by atoms with E-state index in [0.717, 1.165) is 17.0 Å². The van der Waals surface area contributed by atoms with E-state index in [0.29, 0.717) is 39.1 Å². The number of rotatable bonds is 5. The van der Waals surface area contributed by atoms with Gasteiger partial charge >= 0.3 is 0 Å². The lowest BCUT2D eigenvalue weighted by Gasteiger charge is -2.22. The van der Waals surface area contributed by atoms with Crippen LogP contribution in [-0.4, -0.2) is 53.6 Å². The summed E-state index contributed by atoms with van der Waals surface area (Å²) in [5, 5.41) is 3.91. The molecule has 2 heterocycles. The minimum absolute atomic E-state index is 0.322. The number of nitrogens with zero attached hydrogens (tertiary/aromatic N) is 3. The van der Waals surface area contributed by atoms with Crippen LogP contribution in [0.2, 0.25) is 0 Å². The van der Waals surface area contributed by atoms with Crippen LogP contribution >= 0.6 is 0 Å². The Morgan fingerprint density at radius 2 is 1.60 bits per heavy atom. The molecular formula is C19H20F5N3O3. The van der Waals surface area contributed by atoms with E-state index >= 15 is 0 Å². The molecule has 1 aromatic heterocycles. The first-order valence-corrected chi connectivity index (χ1v) is 9.26. The smallest absolute Gasteiger partial charge is 0.260 e. The van der Waals surface area contributed by atoms with Crippen LogP contribution in [0.4, 0.5) is 22.0 Å². The SMILES string of the molecule is Cc1noc(C)c1CN1CCCN(C(=O)COc2c(F)c(F)c(F)c(F)c2F)CC1. The first kappa shape index (κ1) is 22.0. The van der Waals surface area contributed by atoms with E-state index in [-0.39, 0.29) is 0 Å². The molecule has 0 bridgehead atoms. The van der Waals surface area contributed by atoms with Crippen molar-refractivity contribution in [3.8, 4) is 5.75 Å². The van der Waals surface area contributed by atoms with Gasteiger partial charge in [0.15, 0.2) is 12.4 Å². The molecule has 0 radical (unpaired) electrons. The number of hydrogen-bond donors (Lipinski definition) is 0. The summed E-state index contributed by atoms with van der Waals surface area (Å²) >= 11 is 0. The largest absolute Gasteiger partial charge is 0.477 e. The van der Waals surface area contributed by atoms with Gasteiger partial charge in [-0.3, -0.25) is 9.69 Å². The van der Waals surface area contributed by atoms with Gasteiger partial charge in [0, 0.05) is 38.3 Å². The van der Waals surface area contributed by atoms with E-state index in [4.69, 9.17) is 4.52 Å². The van der Waals surface area contributed by atoms with Gasteiger partial charge in [0.2, 0.25) is 29.1 Å². The van der Waals surface area contributed by atoms with Gasteiger partial charge in [-0.2, -0.15) is 8.78 Å². The second-order valence-corrected chi connectivity index (χ2v) is 7.00. The fourth-order valence-electron chi connectivity index (χ4n) is 3.27. The summed E-state index contributed by atoms with van der Waals surface area (Å²) in [5.74, 6) is -12.1. The van der Waals surface area contributed by atoms with Crippen LogP contribution in [-0.2, 0) is 11.3 Å². The van der Waals surface area contributed by atoms with Crippen molar-refractivity contribution in [2.24, 2.45) is 0 Å². The number of carbonyl (C=O) groups is 1. The van der Waals surface area contributed by atoms with E-state index < -0.39 is 47.3 Å². The molecule has 1 amide bonds. The molecule has 1 fully saturated rings. The highest BCUT2D eigenvalue weighted by atomic mass is 19.2. The van der Waals surface area contributed by atoms with Crippen LogP contribution in [0, 0.1) is 42.9 Å². The molecule has 0 saturated carbocycles. The van der Waals surface area contributed by atoms with Crippen molar-refractivity contribution in [3.05, 3.63) is 46.1 Å². The molecule has 0 spiro atoms. The quantitative estimate of drug-likeness (QED) is 0.412. The average molecular weight is 433 g/mol. The molecule has 2 aromatic rings. The second-order valence-electron chi connectivity index (χ2n) is 7.00. The molecule has 1 saturated heterocycles. The highest BCUT2D eigenvalue weighted by molar-refractivity contribution is 5.77. The first-order chi connectivity index (χ1) is 14.2. The van der Waals surface area contributed by atoms with Crippen LogP contribution < -0.4 is 4.74 Å². The third-order valence-corrected chi connectivity index (χ3v) is 5.01. The zero-order chi connectivity index (χ0) is 22.0. The lowest BCUT2D eigenvalue weighted by Crippen LogP contribution is -2.38. The molecule has 1 aliphatic heterocycles. The zero-order valence-corrected chi connectivity index (χ0v) is 16.4. The summed E-state index contributed by atoms with van der Waals surface area (Å²) in [6.07, 6.45) is 0.637. The molecule has 30 heavy (non-hydrogen) atoms. The summed E-state index contributed by atoms with van der Waals surface area (Å²) < 4.78 is 76.7. The fourth-order valence-corrected chi connectivity index (χ4v) is 3.27. The van der Waals surface area contributed by atoms with Gasteiger partial charge in [-0.25, -0.2) is 13.2 Å². The number of amides is 1. The van der Waals surface area contributed by atoms with Gasteiger partial charge in [-0.05, 0) is 20.3 Å². The van der Waals surface area contributed by atoms with Crippen molar-refractivity contribution in [1.82, 2.24) is 15.0 Å². The minimum Gasteiger partial charge on any atom is -0.477 e. The van der Waals surface area contributed by atoms with E-state index in [1.807, 2.05) is 13.8 Å². The lowest BCUT2D eigenvalue weighted by molar-refractivity contribution is -0.133. The maximum Gasteiger partial charge on any atom is 0.260 e. The van der Waals surface area contributed by atoms with Crippen molar-refractivity contribution in [2.75, 3.05) is 32.8 Å². The third kappa shape index (κ3) is 4.40. The summed E-state index contributed by atoms with van der Waals surface area (Å²) in [4.78, 5) is 15.9. The van der Waals surface area contributed by atoms with Gasteiger partial charge in [0.05, 0.1) is 5.69 Å². The normalized spacial score (nSPS) is 15.4. The molecule has 0 aliphatic carbocycles. The minimum atomic E-state index is -2.28. The van der Waals surface area contributed by atoms with E-state index in [1.54, 1.807) is 0 Å². The predicted octanol–water partition coefficient (Wildman–Crippen LogP) is 3.10. The Bertz CT molecular complexity index is 901. The third-order valence-electron chi connectivity index (χ3n) is 5.01. The van der Waals surface area contributed by atoms with Crippen LogP contribution in [0.1, 0.15) is 23.4 Å².